The molecule has 2 N–H and O–H groups in total. The van der Waals surface area contributed by atoms with Gasteiger partial charge in [0.1, 0.15) is 0 Å². The van der Waals surface area contributed by atoms with Crippen molar-refractivity contribution in [2.45, 2.75) is 18.8 Å². The number of benzene rings is 2. The molecule has 0 unspecified atom stereocenters. The molecular formula is C25H23N3O2S. The first-order valence-electron chi connectivity index (χ1n) is 10.5. The maximum Gasteiger partial charge on any atom is 0.265 e. The number of rotatable bonds is 4. The molecule has 5 rings (SSSR count). The van der Waals surface area contributed by atoms with Crippen LogP contribution in [-0.2, 0) is 0 Å². The SMILES string of the molecule is O=C(Nc1cccc(C(=O)N2CCC(c3c[nH]c4ccccc34)CC2)c1)c1cccs1. The number of fused-ring (bicyclic) bond motifs is 1. The van der Waals surface area contributed by atoms with E-state index in [1.54, 1.807) is 12.1 Å². The minimum atomic E-state index is -0.154. The monoisotopic (exact) mass is 429 g/mol. The van der Waals surface area contributed by atoms with Crippen molar-refractivity contribution in [2.75, 3.05) is 18.4 Å². The Bertz CT molecular complexity index is 1220. The number of thiophene rings is 1. The van der Waals surface area contributed by atoms with Gasteiger partial charge in [0.15, 0.2) is 0 Å². The largest absolute Gasteiger partial charge is 0.361 e. The molecule has 5 nitrogen and oxygen atoms in total. The van der Waals surface area contributed by atoms with Crippen molar-refractivity contribution in [3.63, 3.8) is 0 Å². The molecule has 1 saturated heterocycles. The third kappa shape index (κ3) is 3.99. The molecule has 0 bridgehead atoms. The second-order valence-electron chi connectivity index (χ2n) is 7.87. The summed E-state index contributed by atoms with van der Waals surface area (Å²) < 4.78 is 0. The molecule has 1 aliphatic rings. The first kappa shape index (κ1) is 19.6. The molecular weight excluding hydrogens is 406 g/mol. The van der Waals surface area contributed by atoms with E-state index in [0.717, 1.165) is 31.4 Å². The number of hydrogen-bond donors (Lipinski definition) is 2. The molecule has 0 aliphatic carbocycles. The molecule has 0 radical (unpaired) electrons. The summed E-state index contributed by atoms with van der Waals surface area (Å²) in [5, 5.41) is 6.03. The van der Waals surface area contributed by atoms with Crippen molar-refractivity contribution in [2.24, 2.45) is 0 Å². The number of piperidine rings is 1. The molecule has 6 heteroatoms. The molecule has 31 heavy (non-hydrogen) atoms. The number of anilines is 1. The lowest BCUT2D eigenvalue weighted by atomic mass is 9.89. The molecule has 3 heterocycles. The standard InChI is InChI=1S/C25H23N3O2S/c29-24(23-9-4-14-31-23)27-19-6-3-5-18(15-19)25(30)28-12-10-17(11-13-28)21-16-26-22-8-2-1-7-20(21)22/h1-9,14-17,26H,10-13H2,(H,27,29). The van der Waals surface area contributed by atoms with Crippen molar-refractivity contribution in [3.8, 4) is 0 Å². The second kappa shape index (κ2) is 8.40. The van der Waals surface area contributed by atoms with E-state index in [2.05, 4.69) is 34.7 Å². The Hall–Kier alpha value is -3.38. The van der Waals surface area contributed by atoms with E-state index in [1.807, 2.05) is 40.6 Å². The smallest absolute Gasteiger partial charge is 0.265 e. The Balaban J connectivity index is 1.25. The molecule has 1 aliphatic heterocycles. The lowest BCUT2D eigenvalue weighted by molar-refractivity contribution is 0.0713. The average molecular weight is 430 g/mol. The van der Waals surface area contributed by atoms with Crippen LogP contribution in [0.2, 0.25) is 0 Å². The molecule has 2 aromatic heterocycles. The van der Waals surface area contributed by atoms with Crippen LogP contribution in [0.25, 0.3) is 10.9 Å². The number of amides is 2. The van der Waals surface area contributed by atoms with Crippen molar-refractivity contribution < 1.29 is 9.59 Å². The summed E-state index contributed by atoms with van der Waals surface area (Å²) in [5.41, 5.74) is 3.76. The molecule has 0 atom stereocenters. The molecule has 0 saturated carbocycles. The van der Waals surface area contributed by atoms with Crippen molar-refractivity contribution >= 4 is 39.7 Å². The highest BCUT2D eigenvalue weighted by molar-refractivity contribution is 7.12. The first-order chi connectivity index (χ1) is 15.2. The van der Waals surface area contributed by atoms with Gasteiger partial charge in [0.2, 0.25) is 0 Å². The third-order valence-electron chi connectivity index (χ3n) is 5.96. The predicted octanol–water partition coefficient (Wildman–Crippen LogP) is 5.50. The van der Waals surface area contributed by atoms with Gasteiger partial charge < -0.3 is 15.2 Å². The van der Waals surface area contributed by atoms with Crippen molar-refractivity contribution in [1.29, 1.82) is 0 Å². The first-order valence-corrected chi connectivity index (χ1v) is 11.4. The van der Waals surface area contributed by atoms with Gasteiger partial charge in [-0.3, -0.25) is 9.59 Å². The number of aromatic nitrogens is 1. The van der Waals surface area contributed by atoms with Crippen LogP contribution in [0.1, 0.15) is 44.4 Å². The fourth-order valence-electron chi connectivity index (χ4n) is 4.34. The van der Waals surface area contributed by atoms with Crippen LogP contribution in [0.3, 0.4) is 0 Å². The number of H-pyrrole nitrogens is 1. The molecule has 2 aromatic carbocycles. The number of carbonyl (C=O) groups excluding carboxylic acids is 2. The number of likely N-dealkylation sites (tertiary alicyclic amines) is 1. The van der Waals surface area contributed by atoms with Gasteiger partial charge in [0.05, 0.1) is 4.88 Å². The van der Waals surface area contributed by atoms with Gasteiger partial charge in [-0.1, -0.05) is 30.3 Å². The number of carbonyl (C=O) groups is 2. The van der Waals surface area contributed by atoms with Crippen LogP contribution in [-0.4, -0.2) is 34.8 Å². The maximum atomic E-state index is 13.1. The van der Waals surface area contributed by atoms with Gasteiger partial charge in [-0.15, -0.1) is 11.3 Å². The van der Waals surface area contributed by atoms with E-state index < -0.39 is 0 Å². The Morgan fingerprint density at radius 2 is 1.84 bits per heavy atom. The molecule has 156 valence electrons. The van der Waals surface area contributed by atoms with E-state index >= 15 is 0 Å². The van der Waals surface area contributed by atoms with Gasteiger partial charge in [0, 0.05) is 41.4 Å². The molecule has 0 spiro atoms. The summed E-state index contributed by atoms with van der Waals surface area (Å²) in [5.74, 6) is 0.320. The van der Waals surface area contributed by atoms with E-state index in [-0.39, 0.29) is 11.8 Å². The molecule has 4 aromatic rings. The second-order valence-corrected chi connectivity index (χ2v) is 8.82. The van der Waals surface area contributed by atoms with Crippen LogP contribution in [0.15, 0.2) is 72.2 Å². The highest BCUT2D eigenvalue weighted by Gasteiger charge is 2.26. The Labute approximate surface area is 184 Å². The lowest BCUT2D eigenvalue weighted by Gasteiger charge is -2.32. The average Bonchev–Trinajstić information content (AvgIpc) is 3.49. The fraction of sp³-hybridized carbons (Fsp3) is 0.200. The number of nitrogens with zero attached hydrogens (tertiary/aromatic N) is 1. The van der Waals surface area contributed by atoms with Crippen LogP contribution in [0, 0.1) is 0 Å². The van der Waals surface area contributed by atoms with E-state index in [1.165, 1.54) is 22.3 Å². The van der Waals surface area contributed by atoms with Crippen LogP contribution < -0.4 is 5.32 Å². The maximum absolute atomic E-state index is 13.1. The van der Waals surface area contributed by atoms with Gasteiger partial charge in [-0.25, -0.2) is 0 Å². The number of aromatic amines is 1. The van der Waals surface area contributed by atoms with Gasteiger partial charge in [-0.05, 0) is 60.0 Å². The zero-order chi connectivity index (χ0) is 21.2. The predicted molar refractivity (Wildman–Crippen MR) is 125 cm³/mol. The van der Waals surface area contributed by atoms with E-state index in [0.29, 0.717) is 22.0 Å². The fourth-order valence-corrected chi connectivity index (χ4v) is 4.96. The van der Waals surface area contributed by atoms with Crippen LogP contribution in [0.4, 0.5) is 5.69 Å². The van der Waals surface area contributed by atoms with E-state index in [4.69, 9.17) is 0 Å². The lowest BCUT2D eigenvalue weighted by Crippen LogP contribution is -2.37. The molecule has 1 fully saturated rings. The highest BCUT2D eigenvalue weighted by Crippen LogP contribution is 2.33. The van der Waals surface area contributed by atoms with Crippen LogP contribution in [0.5, 0.6) is 0 Å². The summed E-state index contributed by atoms with van der Waals surface area (Å²) in [6.07, 6.45) is 4.01. The van der Waals surface area contributed by atoms with Crippen molar-refractivity contribution in [1.82, 2.24) is 9.88 Å². The minimum absolute atomic E-state index is 0.0181. The summed E-state index contributed by atoms with van der Waals surface area (Å²) in [6.45, 7) is 1.46. The summed E-state index contributed by atoms with van der Waals surface area (Å²) in [6, 6.07) is 19.2. The van der Waals surface area contributed by atoms with Gasteiger partial charge in [-0.2, -0.15) is 0 Å². The number of hydrogen-bond acceptors (Lipinski definition) is 3. The zero-order valence-electron chi connectivity index (χ0n) is 17.0. The van der Waals surface area contributed by atoms with Gasteiger partial charge >= 0.3 is 0 Å². The summed E-state index contributed by atoms with van der Waals surface area (Å²) in [7, 11) is 0. The summed E-state index contributed by atoms with van der Waals surface area (Å²) >= 11 is 1.39. The third-order valence-corrected chi connectivity index (χ3v) is 6.82. The van der Waals surface area contributed by atoms with Crippen LogP contribution >= 0.6 is 11.3 Å². The topological polar surface area (TPSA) is 65.2 Å². The molecule has 2 amide bonds. The summed E-state index contributed by atoms with van der Waals surface area (Å²) in [4.78, 5) is 31.3. The zero-order valence-corrected chi connectivity index (χ0v) is 17.8. The quantitative estimate of drug-likeness (QED) is 0.450. The van der Waals surface area contributed by atoms with E-state index in [9.17, 15) is 9.59 Å². The minimum Gasteiger partial charge on any atom is -0.361 e. The number of nitrogens with one attached hydrogen (secondary N) is 2. The Morgan fingerprint density at radius 1 is 1.00 bits per heavy atom. The normalized spacial score (nSPS) is 14.6. The number of para-hydroxylation sites is 1. The van der Waals surface area contributed by atoms with Crippen molar-refractivity contribution in [3.05, 3.63) is 88.2 Å². The van der Waals surface area contributed by atoms with Gasteiger partial charge in [0.25, 0.3) is 11.8 Å². The Kier molecular flexibility index (Phi) is 5.30. The highest BCUT2D eigenvalue weighted by atomic mass is 32.1. The Morgan fingerprint density at radius 3 is 2.65 bits per heavy atom.